The van der Waals surface area contributed by atoms with Gasteiger partial charge < -0.3 is 4.55 Å². The van der Waals surface area contributed by atoms with Crippen molar-refractivity contribution >= 4 is 21.1 Å². The molecule has 0 fully saturated rings. The van der Waals surface area contributed by atoms with Crippen LogP contribution in [0.5, 0.6) is 0 Å². The number of benzene rings is 2. The number of hydrogen-bond donors (Lipinski definition) is 1. The number of hydrogen-bond acceptors (Lipinski definition) is 2. The van der Waals surface area contributed by atoms with Gasteiger partial charge in [-0.15, -0.1) is 0 Å². The molecule has 2 aromatic rings. The Hall–Kier alpha value is -1.10. The summed E-state index contributed by atoms with van der Waals surface area (Å²) < 4.78 is 24.1. The van der Waals surface area contributed by atoms with Gasteiger partial charge in [0.05, 0.1) is 0 Å². The summed E-state index contributed by atoms with van der Waals surface area (Å²) in [5.74, 6) is 0. The van der Waals surface area contributed by atoms with Crippen LogP contribution in [0.15, 0.2) is 69.3 Å². The smallest absolute Gasteiger partial charge is 0.152 e. The Morgan fingerprint density at radius 1 is 0.944 bits per heavy atom. The zero-order valence-electron chi connectivity index (χ0n) is 10.4. The second-order valence-electron chi connectivity index (χ2n) is 4.21. The highest BCUT2D eigenvalue weighted by Crippen LogP contribution is 2.26. The molecule has 0 bridgehead atoms. The molecule has 4 heteroatoms. The predicted octanol–water partition coefficient (Wildman–Crippen LogP) is 2.49. The maximum Gasteiger partial charge on any atom is 0.152 e. The minimum Gasteiger partial charge on any atom is -0.612 e. The van der Waals surface area contributed by atoms with E-state index in [1.807, 2.05) is 42.5 Å². The molecule has 0 saturated heterocycles. The first-order chi connectivity index (χ1) is 8.51. The quantitative estimate of drug-likeness (QED) is 0.693. The van der Waals surface area contributed by atoms with Gasteiger partial charge in [0.1, 0.15) is 6.26 Å². The van der Waals surface area contributed by atoms with Gasteiger partial charge in [-0.3, -0.25) is 4.21 Å². The molecule has 2 nitrogen and oxygen atoms in total. The average Bonchev–Trinajstić information content (AvgIpc) is 2.40. The molecule has 0 N–H and O–H groups in total. The lowest BCUT2D eigenvalue weighted by Gasteiger charge is -2.19. The van der Waals surface area contributed by atoms with E-state index < -0.39 is 21.1 Å². The highest BCUT2D eigenvalue weighted by Gasteiger charge is 2.15. The Labute approximate surface area is 112 Å². The second-order valence-corrected chi connectivity index (χ2v) is 8.47. The third-order valence-corrected chi connectivity index (χ3v) is 6.41. The van der Waals surface area contributed by atoms with Crippen molar-refractivity contribution in [1.82, 2.24) is 0 Å². The Bertz CT molecular complexity index is 562. The Morgan fingerprint density at radius 2 is 1.44 bits per heavy atom. The topological polar surface area (TPSA) is 40.1 Å². The molecule has 96 valence electrons. The summed E-state index contributed by atoms with van der Waals surface area (Å²) in [5.41, 5.74) is 0. The molecule has 2 aromatic carbocycles. The summed E-state index contributed by atoms with van der Waals surface area (Å²) in [7, 11) is -2.55. The molecule has 0 heterocycles. The van der Waals surface area contributed by atoms with Gasteiger partial charge in [-0.1, -0.05) is 28.1 Å². The molecular weight excluding hydrogens is 264 g/mol. The van der Waals surface area contributed by atoms with Crippen molar-refractivity contribution in [3.05, 3.63) is 54.6 Å². The van der Waals surface area contributed by atoms with Crippen LogP contribution in [-0.2, 0) is 21.1 Å². The van der Waals surface area contributed by atoms with E-state index in [4.69, 9.17) is 0 Å². The minimum absolute atomic E-state index is 0.756. The lowest BCUT2D eigenvalue weighted by atomic mass is 10.4. The van der Waals surface area contributed by atoms with Gasteiger partial charge in [-0.25, -0.2) is 0 Å². The van der Waals surface area contributed by atoms with Gasteiger partial charge in [0, 0.05) is 9.79 Å². The van der Waals surface area contributed by atoms with E-state index in [-0.39, 0.29) is 0 Å². The van der Waals surface area contributed by atoms with E-state index >= 15 is 0 Å². The fourth-order valence-corrected chi connectivity index (χ4v) is 4.06. The maximum absolute atomic E-state index is 12.8. The molecule has 0 saturated carbocycles. The predicted molar refractivity (Wildman–Crippen MR) is 77.2 cm³/mol. The van der Waals surface area contributed by atoms with Crippen LogP contribution in [0.3, 0.4) is 0 Å². The van der Waals surface area contributed by atoms with Gasteiger partial charge in [0.15, 0.2) is 4.90 Å². The molecule has 18 heavy (non-hydrogen) atoms. The fourth-order valence-electron chi connectivity index (χ4n) is 1.78. The minimum atomic E-state index is -2.55. The molecule has 2 rings (SSSR count). The van der Waals surface area contributed by atoms with Crippen molar-refractivity contribution in [3.63, 3.8) is 0 Å². The first kappa shape index (κ1) is 13.3. The van der Waals surface area contributed by atoms with Crippen LogP contribution >= 0.6 is 0 Å². The van der Waals surface area contributed by atoms with Gasteiger partial charge in [0.2, 0.25) is 0 Å². The van der Waals surface area contributed by atoms with E-state index in [0.29, 0.717) is 0 Å². The van der Waals surface area contributed by atoms with Crippen LogP contribution in [0.1, 0.15) is 0 Å². The number of thiol groups is 1. The molecule has 1 unspecified atom stereocenters. The highest BCUT2D eigenvalue weighted by molar-refractivity contribution is 8.02. The fraction of sp³-hybridized carbons (Fsp3) is 0.143. The van der Waals surface area contributed by atoms with Crippen LogP contribution in [0, 0.1) is 0 Å². The number of rotatable bonds is 3. The molecule has 0 amide bonds. The summed E-state index contributed by atoms with van der Waals surface area (Å²) in [4.78, 5) is 2.39. The van der Waals surface area contributed by atoms with Crippen molar-refractivity contribution in [3.8, 4) is 0 Å². The lowest BCUT2D eigenvalue weighted by molar-refractivity contribution is 0.600. The maximum atomic E-state index is 12.8. The van der Waals surface area contributed by atoms with Crippen LogP contribution < -0.4 is 0 Å². The Morgan fingerprint density at radius 3 is 1.94 bits per heavy atom. The summed E-state index contributed by atoms with van der Waals surface area (Å²) in [6.07, 6.45) is 3.40. The van der Waals surface area contributed by atoms with Gasteiger partial charge >= 0.3 is 0 Å². The monoisotopic (exact) mass is 280 g/mol. The molecule has 0 aliphatic heterocycles. The van der Waals surface area contributed by atoms with Gasteiger partial charge in [-0.05, 0) is 53.8 Å². The summed E-state index contributed by atoms with van der Waals surface area (Å²) >= 11 is -0.998. The Balaban J connectivity index is 2.39. The van der Waals surface area contributed by atoms with E-state index in [1.165, 1.54) is 0 Å². The van der Waals surface area contributed by atoms with E-state index in [2.05, 4.69) is 0 Å². The highest BCUT2D eigenvalue weighted by atomic mass is 32.2. The zero-order chi connectivity index (χ0) is 13.2. The lowest BCUT2D eigenvalue weighted by Crippen LogP contribution is -2.10. The molecule has 0 aliphatic carbocycles. The summed E-state index contributed by atoms with van der Waals surface area (Å²) in [5, 5.41) is 0. The third-order valence-electron chi connectivity index (χ3n) is 2.91. The largest absolute Gasteiger partial charge is 0.612 e. The van der Waals surface area contributed by atoms with Crippen molar-refractivity contribution in [2.24, 2.45) is 0 Å². The molecule has 0 spiro atoms. The molecular formula is C14H16O2S2. The van der Waals surface area contributed by atoms with Crippen LogP contribution in [0.2, 0.25) is 0 Å². The summed E-state index contributed by atoms with van der Waals surface area (Å²) in [6, 6.07) is 16.6. The zero-order valence-corrected chi connectivity index (χ0v) is 12.1. The van der Waals surface area contributed by atoms with Crippen molar-refractivity contribution in [2.75, 3.05) is 12.5 Å². The van der Waals surface area contributed by atoms with Crippen LogP contribution in [0.25, 0.3) is 0 Å². The summed E-state index contributed by atoms with van der Waals surface area (Å²) in [6.45, 7) is 0. The van der Waals surface area contributed by atoms with E-state index in [1.54, 1.807) is 24.6 Å². The third kappa shape index (κ3) is 2.66. The normalized spacial score (nSPS) is 14.2. The standard InChI is InChI=1S/C14H16O2S2/c1-17(15)12-8-10-14(11-9-12)18(2,16)13-6-4-3-5-7-13/h3-11,18H,1-2H3. The Kier molecular flexibility index (Phi) is 3.90. The average molecular weight is 280 g/mol. The van der Waals surface area contributed by atoms with Crippen molar-refractivity contribution in [2.45, 2.75) is 14.7 Å². The van der Waals surface area contributed by atoms with Gasteiger partial charge in [0.25, 0.3) is 0 Å². The SMILES string of the molecule is C[S+]([O-])c1ccc([SH](C)(=O)c2ccccc2)cc1. The molecule has 1 atom stereocenters. The van der Waals surface area contributed by atoms with Crippen molar-refractivity contribution in [1.29, 1.82) is 0 Å². The van der Waals surface area contributed by atoms with Crippen molar-refractivity contribution < 1.29 is 8.76 Å². The second kappa shape index (κ2) is 5.26. The molecule has 0 aromatic heterocycles. The van der Waals surface area contributed by atoms with E-state index in [9.17, 15) is 8.76 Å². The van der Waals surface area contributed by atoms with Crippen LogP contribution in [0.4, 0.5) is 0 Å². The molecule has 0 aliphatic rings. The first-order valence-electron chi connectivity index (χ1n) is 5.59. The van der Waals surface area contributed by atoms with Crippen LogP contribution in [-0.4, -0.2) is 21.3 Å². The molecule has 0 radical (unpaired) electrons. The first-order valence-corrected chi connectivity index (χ1v) is 9.30. The van der Waals surface area contributed by atoms with E-state index in [0.717, 1.165) is 14.7 Å². The van der Waals surface area contributed by atoms with Gasteiger partial charge in [-0.2, -0.15) is 0 Å².